The van der Waals surface area contributed by atoms with Crippen molar-refractivity contribution in [2.24, 2.45) is 5.92 Å². The topological polar surface area (TPSA) is 53.1 Å². The van der Waals surface area contributed by atoms with Crippen LogP contribution in [0.15, 0.2) is 24.3 Å². The average Bonchev–Trinajstić information content (AvgIpc) is 3.06. The first kappa shape index (κ1) is 17.3. The van der Waals surface area contributed by atoms with E-state index < -0.39 is 10.2 Å². The zero-order chi connectivity index (χ0) is 17.8. The van der Waals surface area contributed by atoms with E-state index in [1.807, 2.05) is 12.1 Å². The summed E-state index contributed by atoms with van der Waals surface area (Å²) in [6.07, 6.45) is 2.21. The summed E-state index contributed by atoms with van der Waals surface area (Å²) in [6.45, 7) is 2.72. The van der Waals surface area contributed by atoms with Crippen LogP contribution in [0.2, 0.25) is 0 Å². The van der Waals surface area contributed by atoms with Gasteiger partial charge in [0.05, 0.1) is 7.11 Å². The predicted molar refractivity (Wildman–Crippen MR) is 96.9 cm³/mol. The van der Waals surface area contributed by atoms with Gasteiger partial charge in [-0.25, -0.2) is 0 Å². The molecule has 0 radical (unpaired) electrons. The van der Waals surface area contributed by atoms with Gasteiger partial charge in [0.2, 0.25) is 0 Å². The Hall–Kier alpha value is -1.15. The molecule has 4 aliphatic rings. The maximum atomic E-state index is 13.0. The van der Waals surface area contributed by atoms with E-state index in [0.29, 0.717) is 12.5 Å². The molecule has 1 aromatic rings. The molecule has 0 spiro atoms. The quantitative estimate of drug-likeness (QED) is 0.809. The van der Waals surface area contributed by atoms with E-state index in [-0.39, 0.29) is 18.0 Å². The molecule has 4 heterocycles. The van der Waals surface area contributed by atoms with Crippen LogP contribution >= 0.6 is 0 Å². The SMILES string of the molecule is COc1cccc([C@H]2CN(S(=O)(=O)N(C)C)[C@@H]3C4CCN(CC4)[C@H]23)c1. The molecule has 5 rings (SSSR count). The lowest BCUT2D eigenvalue weighted by Gasteiger charge is -2.51. The van der Waals surface area contributed by atoms with E-state index >= 15 is 0 Å². The van der Waals surface area contributed by atoms with Crippen molar-refractivity contribution < 1.29 is 13.2 Å². The van der Waals surface area contributed by atoms with Gasteiger partial charge >= 0.3 is 0 Å². The Morgan fingerprint density at radius 3 is 2.52 bits per heavy atom. The highest BCUT2D eigenvalue weighted by Crippen LogP contribution is 2.48. The van der Waals surface area contributed by atoms with E-state index in [1.165, 1.54) is 9.87 Å². The lowest BCUT2D eigenvalue weighted by atomic mass is 9.75. The van der Waals surface area contributed by atoms with Crippen molar-refractivity contribution >= 4 is 10.2 Å². The Kier molecular flexibility index (Phi) is 4.30. The van der Waals surface area contributed by atoms with Gasteiger partial charge in [-0.3, -0.25) is 4.90 Å². The van der Waals surface area contributed by atoms with Crippen molar-refractivity contribution in [3.05, 3.63) is 29.8 Å². The van der Waals surface area contributed by atoms with Gasteiger partial charge < -0.3 is 4.74 Å². The summed E-state index contributed by atoms with van der Waals surface area (Å²) in [4.78, 5) is 2.51. The van der Waals surface area contributed by atoms with Crippen LogP contribution in [0.5, 0.6) is 5.75 Å². The molecular formula is C18H27N3O3S. The third-order valence-corrected chi connectivity index (χ3v) is 8.14. The molecule has 6 nitrogen and oxygen atoms in total. The van der Waals surface area contributed by atoms with Crippen LogP contribution in [0.25, 0.3) is 0 Å². The first-order valence-corrected chi connectivity index (χ1v) is 10.4. The van der Waals surface area contributed by atoms with Crippen LogP contribution in [-0.4, -0.2) is 74.9 Å². The Morgan fingerprint density at radius 1 is 1.16 bits per heavy atom. The maximum absolute atomic E-state index is 13.0. The van der Waals surface area contributed by atoms with Crippen LogP contribution in [0.1, 0.15) is 24.3 Å². The molecule has 0 amide bonds. The molecule has 4 saturated heterocycles. The van der Waals surface area contributed by atoms with E-state index in [9.17, 15) is 8.42 Å². The summed E-state index contributed by atoms with van der Waals surface area (Å²) in [6, 6.07) is 8.48. The van der Waals surface area contributed by atoms with Gasteiger partial charge in [-0.2, -0.15) is 17.0 Å². The second-order valence-corrected chi connectivity index (χ2v) is 9.69. The molecule has 138 valence electrons. The van der Waals surface area contributed by atoms with Gasteiger partial charge in [-0.15, -0.1) is 0 Å². The van der Waals surface area contributed by atoms with E-state index in [0.717, 1.165) is 31.7 Å². The van der Waals surface area contributed by atoms with Crippen molar-refractivity contribution in [3.8, 4) is 5.75 Å². The Morgan fingerprint density at radius 2 is 1.88 bits per heavy atom. The van der Waals surface area contributed by atoms with Gasteiger partial charge in [-0.1, -0.05) is 12.1 Å². The number of hydrogen-bond acceptors (Lipinski definition) is 4. The zero-order valence-corrected chi connectivity index (χ0v) is 15.9. The molecule has 2 bridgehead atoms. The Labute approximate surface area is 150 Å². The number of fused-ring (bicyclic) bond motifs is 2. The highest BCUT2D eigenvalue weighted by Gasteiger charge is 2.56. The van der Waals surface area contributed by atoms with E-state index in [2.05, 4.69) is 17.0 Å². The fourth-order valence-corrected chi connectivity index (χ4v) is 6.38. The van der Waals surface area contributed by atoms with Crippen molar-refractivity contribution in [2.75, 3.05) is 40.8 Å². The molecule has 0 aromatic heterocycles. The van der Waals surface area contributed by atoms with Crippen LogP contribution in [0.3, 0.4) is 0 Å². The van der Waals surface area contributed by atoms with Crippen LogP contribution in [-0.2, 0) is 10.2 Å². The number of benzene rings is 1. The summed E-state index contributed by atoms with van der Waals surface area (Å²) in [5, 5.41) is 0. The summed E-state index contributed by atoms with van der Waals surface area (Å²) in [7, 11) is 1.51. The van der Waals surface area contributed by atoms with Crippen molar-refractivity contribution in [1.29, 1.82) is 0 Å². The first-order chi connectivity index (χ1) is 11.9. The molecule has 4 aliphatic heterocycles. The molecule has 0 saturated carbocycles. The van der Waals surface area contributed by atoms with Crippen molar-refractivity contribution in [3.63, 3.8) is 0 Å². The molecule has 4 fully saturated rings. The summed E-state index contributed by atoms with van der Waals surface area (Å²) < 4.78 is 34.5. The third kappa shape index (κ3) is 2.68. The van der Waals surface area contributed by atoms with E-state index in [1.54, 1.807) is 25.5 Å². The maximum Gasteiger partial charge on any atom is 0.281 e. The third-order valence-electron chi connectivity index (χ3n) is 6.23. The first-order valence-electron chi connectivity index (χ1n) is 9.01. The smallest absolute Gasteiger partial charge is 0.281 e. The number of rotatable bonds is 4. The van der Waals surface area contributed by atoms with Gasteiger partial charge in [0.25, 0.3) is 10.2 Å². The van der Waals surface area contributed by atoms with Crippen LogP contribution in [0.4, 0.5) is 0 Å². The normalized spacial score (nSPS) is 35.1. The molecule has 25 heavy (non-hydrogen) atoms. The van der Waals surface area contributed by atoms with E-state index in [4.69, 9.17) is 4.74 Å². The lowest BCUT2D eigenvalue weighted by molar-refractivity contribution is 0.0114. The minimum absolute atomic E-state index is 0.0890. The number of methoxy groups -OCH3 is 1. The molecular weight excluding hydrogens is 338 g/mol. The zero-order valence-electron chi connectivity index (χ0n) is 15.1. The predicted octanol–water partition coefficient (Wildman–Crippen LogP) is 1.36. The number of ether oxygens (including phenoxy) is 1. The molecule has 1 aromatic carbocycles. The molecule has 7 heteroatoms. The average molecular weight is 365 g/mol. The number of nitrogens with zero attached hydrogens (tertiary/aromatic N) is 3. The molecule has 3 atom stereocenters. The monoisotopic (exact) mass is 365 g/mol. The van der Waals surface area contributed by atoms with Gasteiger partial charge in [0.15, 0.2) is 0 Å². The second-order valence-electron chi connectivity index (χ2n) is 7.60. The van der Waals surface area contributed by atoms with Crippen molar-refractivity contribution in [1.82, 2.24) is 13.5 Å². The minimum atomic E-state index is -3.42. The fraction of sp³-hybridized carbons (Fsp3) is 0.667. The summed E-state index contributed by atoms with van der Waals surface area (Å²) in [5.74, 6) is 1.50. The van der Waals surface area contributed by atoms with Gasteiger partial charge in [0.1, 0.15) is 5.75 Å². The molecule has 0 N–H and O–H groups in total. The minimum Gasteiger partial charge on any atom is -0.497 e. The molecule has 0 unspecified atom stereocenters. The largest absolute Gasteiger partial charge is 0.497 e. The van der Waals surface area contributed by atoms with Gasteiger partial charge in [-0.05, 0) is 49.5 Å². The van der Waals surface area contributed by atoms with Crippen molar-refractivity contribution in [2.45, 2.75) is 30.8 Å². The van der Waals surface area contributed by atoms with Gasteiger partial charge in [0, 0.05) is 38.6 Å². The Balaban J connectivity index is 1.76. The fourth-order valence-electron chi connectivity index (χ4n) is 5.01. The number of piperidine rings is 3. The molecule has 0 aliphatic carbocycles. The van der Waals surface area contributed by atoms with Crippen LogP contribution in [0, 0.1) is 5.92 Å². The second kappa shape index (κ2) is 6.23. The highest BCUT2D eigenvalue weighted by atomic mass is 32.2. The standard InChI is InChI=1S/C18H27N3O3S/c1-19(2)25(22,23)21-12-16(14-5-4-6-15(11-14)24-3)18-17(21)13-7-9-20(18)10-8-13/h4-6,11,13,16-18H,7-10,12H2,1-3H3/t16-,17-,18-/m1/s1. The highest BCUT2D eigenvalue weighted by molar-refractivity contribution is 7.86. The number of hydrogen-bond donors (Lipinski definition) is 0. The van der Waals surface area contributed by atoms with Crippen LogP contribution < -0.4 is 4.74 Å². The summed E-state index contributed by atoms with van der Waals surface area (Å²) in [5.41, 5.74) is 1.18. The Bertz CT molecular complexity index is 744. The lowest BCUT2D eigenvalue weighted by Crippen LogP contribution is -2.61. The summed E-state index contributed by atoms with van der Waals surface area (Å²) >= 11 is 0.